The van der Waals surface area contributed by atoms with E-state index in [2.05, 4.69) is 0 Å². The average Bonchev–Trinajstić information content (AvgIpc) is 2.16. The first-order valence-corrected chi connectivity index (χ1v) is 4.26. The zero-order valence-electron chi connectivity index (χ0n) is 6.96. The molecule has 1 rings (SSSR count). The Morgan fingerprint density at radius 2 is 2.31 bits per heavy atom. The molecule has 2 nitrogen and oxygen atoms in total. The van der Waals surface area contributed by atoms with Crippen molar-refractivity contribution in [3.63, 3.8) is 0 Å². The number of benzene rings is 1. The maximum atomic E-state index is 10.5. The number of aryl methyl sites for hydroxylation is 1. The van der Waals surface area contributed by atoms with Gasteiger partial charge >= 0.3 is 0 Å². The number of halogens is 1. The summed E-state index contributed by atoms with van der Waals surface area (Å²) in [4.78, 5) is 10.5. The molecule has 0 bridgehead atoms. The highest BCUT2D eigenvalue weighted by Gasteiger charge is 2.00. The Hall–Kier alpha value is -1.33. The molecule has 0 fully saturated rings. The van der Waals surface area contributed by atoms with Crippen LogP contribution in [0.25, 0.3) is 0 Å². The monoisotopic (exact) mass is 193 g/mol. The summed E-state index contributed by atoms with van der Waals surface area (Å²) in [6.07, 6.45) is 1.84. The molecule has 0 saturated carbocycles. The molecule has 13 heavy (non-hydrogen) atoms. The molecule has 0 amide bonds. The van der Waals surface area contributed by atoms with Crippen LogP contribution in [0.1, 0.15) is 22.3 Å². The fourth-order valence-corrected chi connectivity index (χ4v) is 1.20. The van der Waals surface area contributed by atoms with Crippen LogP contribution in [0.5, 0.6) is 0 Å². The van der Waals surface area contributed by atoms with E-state index < -0.39 is 0 Å². The van der Waals surface area contributed by atoms with Gasteiger partial charge in [0, 0.05) is 12.0 Å². The lowest BCUT2D eigenvalue weighted by atomic mass is 10.1. The standard InChI is InChI=1S/C10H8ClNO/c11-10-4-3-8(2-1-5-12)6-9(10)7-13/h3-4,6-7H,1-2H2. The van der Waals surface area contributed by atoms with Gasteiger partial charge in [-0.25, -0.2) is 0 Å². The highest BCUT2D eigenvalue weighted by Crippen LogP contribution is 2.16. The van der Waals surface area contributed by atoms with E-state index in [9.17, 15) is 4.79 Å². The minimum Gasteiger partial charge on any atom is -0.298 e. The molecule has 0 unspecified atom stereocenters. The van der Waals surface area contributed by atoms with Crippen LogP contribution in [0, 0.1) is 11.3 Å². The summed E-state index contributed by atoms with van der Waals surface area (Å²) in [5.74, 6) is 0. The van der Waals surface area contributed by atoms with Crippen molar-refractivity contribution in [1.82, 2.24) is 0 Å². The van der Waals surface area contributed by atoms with Gasteiger partial charge in [-0.1, -0.05) is 17.7 Å². The van der Waals surface area contributed by atoms with Crippen LogP contribution >= 0.6 is 11.6 Å². The second-order valence-electron chi connectivity index (χ2n) is 2.63. The van der Waals surface area contributed by atoms with E-state index in [-0.39, 0.29) is 0 Å². The second kappa shape index (κ2) is 4.64. The van der Waals surface area contributed by atoms with Gasteiger partial charge in [0.1, 0.15) is 0 Å². The van der Waals surface area contributed by atoms with Crippen molar-refractivity contribution in [1.29, 1.82) is 5.26 Å². The third-order valence-electron chi connectivity index (χ3n) is 1.71. The third-order valence-corrected chi connectivity index (χ3v) is 2.06. The normalized spacial score (nSPS) is 9.23. The summed E-state index contributed by atoms with van der Waals surface area (Å²) in [6.45, 7) is 0. The molecule has 1 aromatic carbocycles. The van der Waals surface area contributed by atoms with E-state index in [1.54, 1.807) is 12.1 Å². The van der Waals surface area contributed by atoms with E-state index >= 15 is 0 Å². The number of hydrogen-bond donors (Lipinski definition) is 0. The Balaban J connectivity index is 2.87. The van der Waals surface area contributed by atoms with Crippen molar-refractivity contribution in [2.24, 2.45) is 0 Å². The molecule has 0 aromatic heterocycles. The Morgan fingerprint density at radius 1 is 1.54 bits per heavy atom. The van der Waals surface area contributed by atoms with Crippen molar-refractivity contribution in [2.75, 3.05) is 0 Å². The number of hydrogen-bond acceptors (Lipinski definition) is 2. The van der Waals surface area contributed by atoms with Crippen molar-refractivity contribution in [3.05, 3.63) is 34.3 Å². The maximum absolute atomic E-state index is 10.5. The number of aldehydes is 1. The van der Waals surface area contributed by atoms with Gasteiger partial charge in [-0.15, -0.1) is 0 Å². The quantitative estimate of drug-likeness (QED) is 0.693. The van der Waals surface area contributed by atoms with Gasteiger partial charge in [0.05, 0.1) is 11.1 Å². The minimum atomic E-state index is 0.454. The smallest absolute Gasteiger partial charge is 0.151 e. The number of nitrogens with zero attached hydrogens (tertiary/aromatic N) is 1. The molecule has 0 aliphatic carbocycles. The molecular weight excluding hydrogens is 186 g/mol. The molecule has 66 valence electrons. The Bertz CT molecular complexity index is 354. The summed E-state index contributed by atoms with van der Waals surface area (Å²) in [5, 5.41) is 8.82. The highest BCUT2D eigenvalue weighted by atomic mass is 35.5. The fourth-order valence-electron chi connectivity index (χ4n) is 1.04. The summed E-state index contributed by atoms with van der Waals surface area (Å²) >= 11 is 5.73. The van der Waals surface area contributed by atoms with Gasteiger partial charge in [-0.05, 0) is 24.1 Å². The first-order chi connectivity index (χ1) is 6.27. The van der Waals surface area contributed by atoms with Crippen molar-refractivity contribution in [3.8, 4) is 6.07 Å². The SMILES string of the molecule is N#CCCc1ccc(Cl)c(C=O)c1. The molecule has 0 heterocycles. The fraction of sp³-hybridized carbons (Fsp3) is 0.200. The van der Waals surface area contributed by atoms with Crippen LogP contribution in [-0.2, 0) is 6.42 Å². The van der Waals surface area contributed by atoms with Gasteiger partial charge < -0.3 is 0 Å². The molecule has 0 saturated heterocycles. The summed E-state index contributed by atoms with van der Waals surface area (Å²) in [7, 11) is 0. The molecule has 1 aromatic rings. The van der Waals surface area contributed by atoms with Crippen molar-refractivity contribution < 1.29 is 4.79 Å². The average molecular weight is 194 g/mol. The van der Waals surface area contributed by atoms with Crippen LogP contribution in [0.3, 0.4) is 0 Å². The number of carbonyl (C=O) groups is 1. The third kappa shape index (κ3) is 2.57. The zero-order chi connectivity index (χ0) is 9.68. The van der Waals surface area contributed by atoms with Crippen LogP contribution in [0.15, 0.2) is 18.2 Å². The van der Waals surface area contributed by atoms with E-state index in [1.807, 2.05) is 12.1 Å². The Morgan fingerprint density at radius 3 is 2.92 bits per heavy atom. The van der Waals surface area contributed by atoms with E-state index in [4.69, 9.17) is 16.9 Å². The van der Waals surface area contributed by atoms with Crippen LogP contribution in [0.2, 0.25) is 5.02 Å². The number of rotatable bonds is 3. The molecule has 3 heteroatoms. The van der Waals surface area contributed by atoms with Gasteiger partial charge in [-0.2, -0.15) is 5.26 Å². The Kier molecular flexibility index (Phi) is 3.48. The lowest BCUT2D eigenvalue weighted by Gasteiger charge is -2.00. The predicted octanol–water partition coefficient (Wildman–Crippen LogP) is 2.61. The largest absolute Gasteiger partial charge is 0.298 e. The lowest BCUT2D eigenvalue weighted by Crippen LogP contribution is -1.88. The summed E-state index contributed by atoms with van der Waals surface area (Å²) < 4.78 is 0. The second-order valence-corrected chi connectivity index (χ2v) is 3.04. The van der Waals surface area contributed by atoms with Gasteiger partial charge in [0.25, 0.3) is 0 Å². The van der Waals surface area contributed by atoms with E-state index in [0.717, 1.165) is 11.8 Å². The van der Waals surface area contributed by atoms with Crippen LogP contribution in [0.4, 0.5) is 0 Å². The van der Waals surface area contributed by atoms with Gasteiger partial charge in [0.2, 0.25) is 0 Å². The minimum absolute atomic E-state index is 0.454. The van der Waals surface area contributed by atoms with Crippen LogP contribution < -0.4 is 0 Å². The summed E-state index contributed by atoms with van der Waals surface area (Å²) in [6, 6.07) is 7.27. The topological polar surface area (TPSA) is 40.9 Å². The highest BCUT2D eigenvalue weighted by molar-refractivity contribution is 6.32. The summed E-state index contributed by atoms with van der Waals surface area (Å²) in [5.41, 5.74) is 1.45. The predicted molar refractivity (Wildman–Crippen MR) is 50.8 cm³/mol. The molecule has 0 spiro atoms. The van der Waals surface area contributed by atoms with Crippen molar-refractivity contribution in [2.45, 2.75) is 12.8 Å². The van der Waals surface area contributed by atoms with E-state index in [0.29, 0.717) is 23.4 Å². The zero-order valence-corrected chi connectivity index (χ0v) is 7.71. The molecule has 0 radical (unpaired) electrons. The molecule has 0 N–H and O–H groups in total. The lowest BCUT2D eigenvalue weighted by molar-refractivity contribution is 0.112. The molecule has 0 aliphatic heterocycles. The maximum Gasteiger partial charge on any atom is 0.151 e. The Labute approximate surface area is 81.7 Å². The number of carbonyl (C=O) groups excluding carboxylic acids is 1. The molecular formula is C10H8ClNO. The number of nitriles is 1. The van der Waals surface area contributed by atoms with Gasteiger partial charge in [0.15, 0.2) is 6.29 Å². The first-order valence-electron chi connectivity index (χ1n) is 3.88. The van der Waals surface area contributed by atoms with Crippen LogP contribution in [-0.4, -0.2) is 6.29 Å². The molecule has 0 aliphatic rings. The van der Waals surface area contributed by atoms with Gasteiger partial charge in [-0.3, -0.25) is 4.79 Å². The first kappa shape index (κ1) is 9.76. The molecule has 0 atom stereocenters. The van der Waals surface area contributed by atoms with Crippen molar-refractivity contribution >= 4 is 17.9 Å². The van der Waals surface area contributed by atoms with E-state index in [1.165, 1.54) is 0 Å².